The maximum absolute atomic E-state index is 13.5. The molecule has 0 bridgehead atoms. The van der Waals surface area contributed by atoms with E-state index < -0.39 is 23.7 Å². The van der Waals surface area contributed by atoms with Gasteiger partial charge in [-0.05, 0) is 75.8 Å². The number of anilines is 1. The van der Waals surface area contributed by atoms with E-state index in [0.29, 0.717) is 47.3 Å². The van der Waals surface area contributed by atoms with Gasteiger partial charge in [-0.2, -0.15) is 0 Å². The van der Waals surface area contributed by atoms with Gasteiger partial charge in [0.2, 0.25) is 0 Å². The third kappa shape index (κ3) is 4.69. The van der Waals surface area contributed by atoms with Crippen LogP contribution in [0.3, 0.4) is 0 Å². The number of carbonyl (C=O) groups is 3. The number of halogens is 1. The van der Waals surface area contributed by atoms with Crippen LogP contribution in [0.5, 0.6) is 0 Å². The number of aryl methyl sites for hydroxylation is 1. The summed E-state index contributed by atoms with van der Waals surface area (Å²) >= 11 is 0. The Bertz CT molecular complexity index is 1040. The number of nitrogens with zero attached hydrogens (tertiary/aromatic N) is 1. The molecule has 0 aliphatic heterocycles. The molecule has 1 aromatic carbocycles. The average Bonchev–Trinajstić information content (AvgIpc) is 2.92. The minimum absolute atomic E-state index is 0.145. The van der Waals surface area contributed by atoms with Crippen molar-refractivity contribution in [3.05, 3.63) is 52.1 Å². The number of Topliss-reactive ketones (excluding diaryl/α,β-unsaturated/α-hetero) is 1. The van der Waals surface area contributed by atoms with Crippen LogP contribution in [0.15, 0.2) is 18.2 Å². The van der Waals surface area contributed by atoms with Crippen LogP contribution in [0.2, 0.25) is 0 Å². The normalized spacial score (nSPS) is 18.5. The molecule has 2 amide bonds. The Kier molecular flexibility index (Phi) is 6.59. The largest absolute Gasteiger partial charge is 0.393 e. The number of hydrogen-bond donors (Lipinski definition) is 3. The molecule has 2 aromatic rings. The third-order valence-electron chi connectivity index (χ3n) is 5.98. The minimum Gasteiger partial charge on any atom is -0.393 e. The Balaban J connectivity index is 1.81. The van der Waals surface area contributed by atoms with Gasteiger partial charge in [-0.1, -0.05) is 0 Å². The molecule has 1 aromatic heterocycles. The summed E-state index contributed by atoms with van der Waals surface area (Å²) in [4.78, 5) is 38.4. The molecule has 1 aliphatic rings. The van der Waals surface area contributed by atoms with E-state index in [1.54, 1.807) is 27.8 Å². The summed E-state index contributed by atoms with van der Waals surface area (Å²) in [6.45, 7) is 4.93. The average molecular weight is 429 g/mol. The van der Waals surface area contributed by atoms with E-state index in [2.05, 4.69) is 10.6 Å². The number of aliphatic hydroxyl groups is 1. The molecule has 166 valence electrons. The lowest BCUT2D eigenvalue weighted by Crippen LogP contribution is -2.43. The van der Waals surface area contributed by atoms with Crippen LogP contribution < -0.4 is 10.6 Å². The van der Waals surface area contributed by atoms with Crippen LogP contribution >= 0.6 is 0 Å². The van der Waals surface area contributed by atoms with Gasteiger partial charge in [0.25, 0.3) is 17.6 Å². The molecule has 0 saturated heterocycles. The molecule has 2 atom stereocenters. The number of hydrogen-bond acceptors (Lipinski definition) is 4. The molecule has 31 heavy (non-hydrogen) atoms. The third-order valence-corrected chi connectivity index (χ3v) is 5.98. The number of aliphatic hydroxyl groups excluding tert-OH is 1. The monoisotopic (exact) mass is 429 g/mol. The highest BCUT2D eigenvalue weighted by atomic mass is 19.1. The van der Waals surface area contributed by atoms with E-state index >= 15 is 0 Å². The first-order valence-corrected chi connectivity index (χ1v) is 10.4. The lowest BCUT2D eigenvalue weighted by Gasteiger charge is -2.26. The van der Waals surface area contributed by atoms with Gasteiger partial charge in [0.15, 0.2) is 0 Å². The summed E-state index contributed by atoms with van der Waals surface area (Å²) in [6, 6.07) is 4.02. The molecule has 8 heteroatoms. The zero-order valence-electron chi connectivity index (χ0n) is 18.2. The number of aromatic nitrogens is 1. The first-order chi connectivity index (χ1) is 14.6. The highest BCUT2D eigenvalue weighted by Crippen LogP contribution is 2.24. The number of ketones is 1. The molecule has 7 nitrogen and oxygen atoms in total. The molecule has 0 spiro atoms. The van der Waals surface area contributed by atoms with Crippen molar-refractivity contribution >= 4 is 23.3 Å². The summed E-state index contributed by atoms with van der Waals surface area (Å²) in [5, 5.41) is 15.2. The highest BCUT2D eigenvalue weighted by molar-refractivity contribution is 6.43. The van der Waals surface area contributed by atoms with Gasteiger partial charge in [0.05, 0.1) is 17.4 Å². The van der Waals surface area contributed by atoms with Gasteiger partial charge >= 0.3 is 0 Å². The fourth-order valence-electron chi connectivity index (χ4n) is 4.20. The van der Waals surface area contributed by atoms with E-state index in [-0.39, 0.29) is 17.6 Å². The SMILES string of the molecule is Cc1cc(NC(=O)c2c(C)c(C(=O)C(=O)N[C@@H]3CCC[C@@H](O)C3)n(C)c2C)ccc1F. The van der Waals surface area contributed by atoms with Crippen LogP contribution in [0.1, 0.15) is 63.4 Å². The lowest BCUT2D eigenvalue weighted by atomic mass is 9.93. The molecule has 1 heterocycles. The van der Waals surface area contributed by atoms with Crippen LogP contribution in [0.25, 0.3) is 0 Å². The highest BCUT2D eigenvalue weighted by Gasteiger charge is 2.30. The smallest absolute Gasteiger partial charge is 0.294 e. The zero-order valence-corrected chi connectivity index (χ0v) is 18.2. The van der Waals surface area contributed by atoms with Gasteiger partial charge in [0, 0.05) is 24.5 Å². The number of rotatable bonds is 5. The molecule has 1 fully saturated rings. The lowest BCUT2D eigenvalue weighted by molar-refractivity contribution is -0.118. The molecule has 1 saturated carbocycles. The fourth-order valence-corrected chi connectivity index (χ4v) is 4.20. The Hall–Kier alpha value is -3.00. The van der Waals surface area contributed by atoms with Crippen molar-refractivity contribution in [2.45, 2.75) is 58.6 Å². The number of nitrogens with one attached hydrogen (secondary N) is 2. The van der Waals surface area contributed by atoms with E-state index in [1.165, 1.54) is 22.8 Å². The van der Waals surface area contributed by atoms with Crippen LogP contribution in [0, 0.1) is 26.6 Å². The van der Waals surface area contributed by atoms with E-state index in [1.807, 2.05) is 0 Å². The van der Waals surface area contributed by atoms with Gasteiger partial charge in [-0.25, -0.2) is 4.39 Å². The van der Waals surface area contributed by atoms with Crippen molar-refractivity contribution in [1.82, 2.24) is 9.88 Å². The molecular formula is C23H28FN3O4. The first kappa shape index (κ1) is 22.7. The quantitative estimate of drug-likeness (QED) is 0.503. The Morgan fingerprint density at radius 2 is 1.87 bits per heavy atom. The molecule has 3 N–H and O–H groups in total. The van der Waals surface area contributed by atoms with Gasteiger partial charge in [0.1, 0.15) is 5.82 Å². The van der Waals surface area contributed by atoms with Crippen LogP contribution in [-0.2, 0) is 11.8 Å². The Labute approximate surface area is 180 Å². The predicted octanol–water partition coefficient (Wildman–Crippen LogP) is 2.94. The Morgan fingerprint density at radius 1 is 1.16 bits per heavy atom. The van der Waals surface area contributed by atoms with Gasteiger partial charge in [-0.15, -0.1) is 0 Å². The maximum Gasteiger partial charge on any atom is 0.294 e. The fraction of sp³-hybridized carbons (Fsp3) is 0.435. The number of carbonyl (C=O) groups excluding carboxylic acids is 3. The predicted molar refractivity (Wildman–Crippen MR) is 115 cm³/mol. The van der Waals surface area contributed by atoms with Crippen LogP contribution in [-0.4, -0.2) is 39.4 Å². The second-order valence-corrected chi connectivity index (χ2v) is 8.23. The van der Waals surface area contributed by atoms with Crippen molar-refractivity contribution in [3.8, 4) is 0 Å². The zero-order chi connectivity index (χ0) is 22.9. The Morgan fingerprint density at radius 3 is 2.52 bits per heavy atom. The molecular weight excluding hydrogens is 401 g/mol. The van der Waals surface area contributed by atoms with Gasteiger partial charge < -0.3 is 20.3 Å². The maximum atomic E-state index is 13.5. The molecule has 0 unspecified atom stereocenters. The summed E-state index contributed by atoms with van der Waals surface area (Å²) in [5.74, 6) is -2.27. The second-order valence-electron chi connectivity index (χ2n) is 8.23. The van der Waals surface area contributed by atoms with Crippen molar-refractivity contribution in [2.24, 2.45) is 7.05 Å². The molecule has 1 aliphatic carbocycles. The van der Waals surface area contributed by atoms with E-state index in [4.69, 9.17) is 0 Å². The molecule has 0 radical (unpaired) electrons. The summed E-state index contributed by atoms with van der Waals surface area (Å²) in [6.07, 6.45) is 2.15. The van der Waals surface area contributed by atoms with E-state index in [9.17, 15) is 23.9 Å². The van der Waals surface area contributed by atoms with E-state index in [0.717, 1.165) is 6.42 Å². The number of benzene rings is 1. The summed E-state index contributed by atoms with van der Waals surface area (Å²) in [7, 11) is 1.63. The van der Waals surface area contributed by atoms with Crippen molar-refractivity contribution in [1.29, 1.82) is 0 Å². The molecule has 3 rings (SSSR count). The van der Waals surface area contributed by atoms with Crippen molar-refractivity contribution < 1.29 is 23.9 Å². The van der Waals surface area contributed by atoms with Crippen molar-refractivity contribution in [3.63, 3.8) is 0 Å². The number of amides is 2. The first-order valence-electron chi connectivity index (χ1n) is 10.4. The summed E-state index contributed by atoms with van der Waals surface area (Å²) in [5.41, 5.74) is 2.23. The standard InChI is InChI=1S/C23H28FN3O4/c1-12-10-16(8-9-18(12)24)25-22(30)19-13(2)20(27(4)14(19)3)21(29)23(31)26-15-6-5-7-17(28)11-15/h8-10,15,17,28H,5-7,11H2,1-4H3,(H,25,30)(H,26,31)/t15-,17-/m1/s1. The minimum atomic E-state index is -0.746. The van der Waals surface area contributed by atoms with Crippen LogP contribution in [0.4, 0.5) is 10.1 Å². The van der Waals surface area contributed by atoms with Gasteiger partial charge in [-0.3, -0.25) is 14.4 Å². The van der Waals surface area contributed by atoms with Crippen molar-refractivity contribution in [2.75, 3.05) is 5.32 Å². The topological polar surface area (TPSA) is 100 Å². The summed E-state index contributed by atoms with van der Waals surface area (Å²) < 4.78 is 15.0. The second kappa shape index (κ2) is 9.01.